The third-order valence-electron chi connectivity index (χ3n) is 5.95. The van der Waals surface area contributed by atoms with E-state index >= 15 is 0 Å². The second-order valence-electron chi connectivity index (χ2n) is 8.79. The molecule has 3 aromatic rings. The zero-order chi connectivity index (χ0) is 25.9. The van der Waals surface area contributed by atoms with E-state index in [2.05, 4.69) is 5.32 Å². The molecule has 0 spiro atoms. The van der Waals surface area contributed by atoms with Gasteiger partial charge in [-0.1, -0.05) is 84.7 Å². The Hall–Kier alpha value is -2.47. The molecule has 0 unspecified atom stereocenters. The Balaban J connectivity index is 1.84. The van der Waals surface area contributed by atoms with Crippen LogP contribution in [0, 0.1) is 0 Å². The van der Waals surface area contributed by atoms with Gasteiger partial charge < -0.3 is 10.2 Å². The number of carbonyl (C=O) groups excluding carboxylic acids is 2. The van der Waals surface area contributed by atoms with Crippen LogP contribution in [0.15, 0.2) is 78.9 Å². The highest BCUT2D eigenvalue weighted by Crippen LogP contribution is 2.20. The van der Waals surface area contributed by atoms with Crippen molar-refractivity contribution in [3.8, 4) is 0 Å². The summed E-state index contributed by atoms with van der Waals surface area (Å²) in [6.45, 7) is 4.33. The molecule has 0 bridgehead atoms. The highest BCUT2D eigenvalue weighted by Gasteiger charge is 2.30. The minimum atomic E-state index is -0.638. The van der Waals surface area contributed by atoms with Crippen molar-refractivity contribution in [2.24, 2.45) is 0 Å². The lowest BCUT2D eigenvalue weighted by atomic mass is 10.0. The van der Waals surface area contributed by atoms with Gasteiger partial charge in [0.15, 0.2) is 0 Å². The summed E-state index contributed by atoms with van der Waals surface area (Å²) in [6.07, 6.45) is 1.25. The summed E-state index contributed by atoms with van der Waals surface area (Å²) >= 11 is 13.6. The number of rotatable bonds is 12. The van der Waals surface area contributed by atoms with Gasteiger partial charge in [0.1, 0.15) is 6.04 Å². The lowest BCUT2D eigenvalue weighted by Gasteiger charge is -2.32. The predicted molar refractivity (Wildman–Crippen MR) is 151 cm³/mol. The van der Waals surface area contributed by atoms with E-state index in [-0.39, 0.29) is 23.6 Å². The molecule has 36 heavy (non-hydrogen) atoms. The van der Waals surface area contributed by atoms with E-state index in [1.807, 2.05) is 80.6 Å². The second kappa shape index (κ2) is 14.3. The van der Waals surface area contributed by atoms with Crippen molar-refractivity contribution in [1.29, 1.82) is 0 Å². The standard InChI is InChI=1S/C29H32Cl2N2O2S/c1-3-21(2)32-29(35)27(17-22-7-5-4-6-8-22)33(18-23-9-13-25(30)14-10-23)28(34)20-36-19-24-11-15-26(31)16-12-24/h4-16,21,27H,3,17-20H2,1-2H3,(H,32,35)/t21-,27+/m0/s1. The van der Waals surface area contributed by atoms with Crippen LogP contribution in [0.5, 0.6) is 0 Å². The van der Waals surface area contributed by atoms with E-state index in [1.165, 1.54) is 11.8 Å². The Morgan fingerprint density at radius 3 is 2.03 bits per heavy atom. The Kier molecular flexibility index (Phi) is 11.2. The van der Waals surface area contributed by atoms with Gasteiger partial charge in [-0.05, 0) is 54.3 Å². The molecule has 2 amide bonds. The highest BCUT2D eigenvalue weighted by molar-refractivity contribution is 7.99. The number of halogens is 2. The van der Waals surface area contributed by atoms with Gasteiger partial charge in [0.2, 0.25) is 11.8 Å². The SMILES string of the molecule is CC[C@H](C)NC(=O)[C@@H](Cc1ccccc1)N(Cc1ccc(Cl)cc1)C(=O)CSCc1ccc(Cl)cc1. The van der Waals surface area contributed by atoms with Crippen LogP contribution in [0.2, 0.25) is 10.0 Å². The maximum atomic E-state index is 13.6. The fourth-order valence-electron chi connectivity index (χ4n) is 3.70. The lowest BCUT2D eigenvalue weighted by molar-refractivity contribution is -0.139. The average molecular weight is 544 g/mol. The molecule has 0 aromatic heterocycles. The van der Waals surface area contributed by atoms with Crippen molar-refractivity contribution in [2.75, 3.05) is 5.75 Å². The molecule has 190 valence electrons. The van der Waals surface area contributed by atoms with Crippen molar-refractivity contribution < 1.29 is 9.59 Å². The van der Waals surface area contributed by atoms with Gasteiger partial charge in [-0.25, -0.2) is 0 Å². The fourth-order valence-corrected chi connectivity index (χ4v) is 4.82. The molecule has 4 nitrogen and oxygen atoms in total. The van der Waals surface area contributed by atoms with Crippen molar-refractivity contribution in [2.45, 2.75) is 51.1 Å². The highest BCUT2D eigenvalue weighted by atomic mass is 35.5. The van der Waals surface area contributed by atoms with Crippen LogP contribution in [0.4, 0.5) is 0 Å². The van der Waals surface area contributed by atoms with Crippen molar-refractivity contribution in [3.63, 3.8) is 0 Å². The quantitative estimate of drug-likeness (QED) is 0.274. The summed E-state index contributed by atoms with van der Waals surface area (Å²) in [5.41, 5.74) is 3.02. The smallest absolute Gasteiger partial charge is 0.243 e. The molecule has 0 aliphatic heterocycles. The number of hydrogen-bond donors (Lipinski definition) is 1. The Morgan fingerprint density at radius 2 is 1.44 bits per heavy atom. The summed E-state index contributed by atoms with van der Waals surface area (Å²) in [5.74, 6) is 0.723. The van der Waals surface area contributed by atoms with Crippen LogP contribution < -0.4 is 5.32 Å². The molecule has 0 saturated carbocycles. The molecule has 7 heteroatoms. The normalized spacial score (nSPS) is 12.6. The van der Waals surface area contributed by atoms with Crippen LogP contribution in [0.3, 0.4) is 0 Å². The molecule has 0 radical (unpaired) electrons. The number of carbonyl (C=O) groups is 2. The van der Waals surface area contributed by atoms with Crippen molar-refractivity contribution in [1.82, 2.24) is 10.2 Å². The van der Waals surface area contributed by atoms with Gasteiger partial charge in [0, 0.05) is 34.8 Å². The van der Waals surface area contributed by atoms with E-state index in [0.29, 0.717) is 28.8 Å². The van der Waals surface area contributed by atoms with Crippen molar-refractivity contribution in [3.05, 3.63) is 106 Å². The number of nitrogens with zero attached hydrogens (tertiary/aromatic N) is 1. The molecule has 0 saturated heterocycles. The van der Waals surface area contributed by atoms with Gasteiger partial charge in [-0.15, -0.1) is 11.8 Å². The minimum Gasteiger partial charge on any atom is -0.352 e. The van der Waals surface area contributed by atoms with E-state index < -0.39 is 6.04 Å². The first-order chi connectivity index (χ1) is 17.4. The third kappa shape index (κ3) is 8.88. The van der Waals surface area contributed by atoms with Crippen molar-refractivity contribution >= 4 is 46.8 Å². The van der Waals surface area contributed by atoms with Gasteiger partial charge in [-0.2, -0.15) is 0 Å². The number of thioether (sulfide) groups is 1. The summed E-state index contributed by atoms with van der Waals surface area (Å²) in [6, 6.07) is 24.2. The molecule has 2 atom stereocenters. The molecule has 0 aliphatic carbocycles. The van der Waals surface area contributed by atoms with Gasteiger partial charge in [0.25, 0.3) is 0 Å². The van der Waals surface area contributed by atoms with Gasteiger partial charge in [-0.3, -0.25) is 9.59 Å². The molecule has 3 rings (SSSR count). The van der Waals surface area contributed by atoms with Gasteiger partial charge >= 0.3 is 0 Å². The largest absolute Gasteiger partial charge is 0.352 e. The second-order valence-corrected chi connectivity index (χ2v) is 10.6. The maximum Gasteiger partial charge on any atom is 0.243 e. The first kappa shape index (κ1) is 28.1. The van der Waals surface area contributed by atoms with Crippen LogP contribution >= 0.6 is 35.0 Å². The first-order valence-corrected chi connectivity index (χ1v) is 14.0. The van der Waals surface area contributed by atoms with E-state index in [0.717, 1.165) is 23.1 Å². The zero-order valence-electron chi connectivity index (χ0n) is 20.6. The molecule has 3 aromatic carbocycles. The Labute approximate surface area is 228 Å². The van der Waals surface area contributed by atoms with E-state index in [4.69, 9.17) is 23.2 Å². The van der Waals surface area contributed by atoms with E-state index in [1.54, 1.807) is 17.0 Å². The topological polar surface area (TPSA) is 49.4 Å². The van der Waals surface area contributed by atoms with Crippen LogP contribution in [0.1, 0.15) is 37.0 Å². The fraction of sp³-hybridized carbons (Fsp3) is 0.310. The van der Waals surface area contributed by atoms with Crippen LogP contribution in [-0.2, 0) is 28.3 Å². The van der Waals surface area contributed by atoms with E-state index in [9.17, 15) is 9.59 Å². The average Bonchev–Trinajstić information content (AvgIpc) is 2.88. The lowest BCUT2D eigenvalue weighted by Crippen LogP contribution is -2.52. The summed E-state index contributed by atoms with van der Waals surface area (Å²) in [7, 11) is 0. The first-order valence-electron chi connectivity index (χ1n) is 12.1. The molecular weight excluding hydrogens is 511 g/mol. The molecular formula is C29H32Cl2N2O2S. The van der Waals surface area contributed by atoms with Crippen LogP contribution in [0.25, 0.3) is 0 Å². The van der Waals surface area contributed by atoms with Crippen LogP contribution in [-0.4, -0.2) is 34.6 Å². The zero-order valence-corrected chi connectivity index (χ0v) is 23.0. The molecule has 0 aliphatic rings. The molecule has 0 fully saturated rings. The predicted octanol–water partition coefficient (Wildman–Crippen LogP) is 6.78. The summed E-state index contributed by atoms with van der Waals surface area (Å²) in [4.78, 5) is 28.8. The van der Waals surface area contributed by atoms with Gasteiger partial charge in [0.05, 0.1) is 5.75 Å². The number of nitrogens with one attached hydrogen (secondary N) is 1. The Morgan fingerprint density at radius 1 is 0.861 bits per heavy atom. The number of benzene rings is 3. The molecule has 0 heterocycles. The summed E-state index contributed by atoms with van der Waals surface area (Å²) < 4.78 is 0. The maximum absolute atomic E-state index is 13.6. The summed E-state index contributed by atoms with van der Waals surface area (Å²) in [5, 5.41) is 4.41. The number of amides is 2. The number of hydrogen-bond acceptors (Lipinski definition) is 3. The molecule has 1 N–H and O–H groups in total. The Bertz CT molecular complexity index is 1110. The third-order valence-corrected chi connectivity index (χ3v) is 7.44. The monoisotopic (exact) mass is 542 g/mol. The minimum absolute atomic E-state index is 0.0162.